The van der Waals surface area contributed by atoms with E-state index in [1.54, 1.807) is 0 Å². The second-order valence-corrected chi connectivity index (χ2v) is 12.5. The normalized spacial score (nSPS) is 11.8. The Kier molecular flexibility index (Phi) is 5.64. The van der Waals surface area contributed by atoms with Crippen molar-refractivity contribution in [1.29, 1.82) is 0 Å². The molecule has 0 aliphatic rings. The second-order valence-electron chi connectivity index (χ2n) is 12.5. The van der Waals surface area contributed by atoms with E-state index in [-0.39, 0.29) is 0 Å². The summed E-state index contributed by atoms with van der Waals surface area (Å²) in [4.78, 5) is 0. The SMILES string of the molecule is c1ccc2cc(-c3ccc(-c4c5ccccc5c(-c5cccc6oc7cc8ccccc8cc7c56)c5ccccc45)cc3)ccc2c1. The maximum Gasteiger partial charge on any atom is 0.136 e. The molecular weight excluding hydrogens is 569 g/mol. The first kappa shape index (κ1) is 26.1. The van der Waals surface area contributed by atoms with E-state index in [1.807, 2.05) is 0 Å². The van der Waals surface area contributed by atoms with Crippen LogP contribution in [0.2, 0.25) is 0 Å². The number of rotatable bonds is 3. The van der Waals surface area contributed by atoms with E-state index >= 15 is 0 Å². The fourth-order valence-electron chi connectivity index (χ4n) is 7.65. The lowest BCUT2D eigenvalue weighted by Gasteiger charge is -2.18. The van der Waals surface area contributed by atoms with E-state index in [9.17, 15) is 0 Å². The van der Waals surface area contributed by atoms with Gasteiger partial charge in [0, 0.05) is 10.8 Å². The lowest BCUT2D eigenvalue weighted by Crippen LogP contribution is -1.91. The summed E-state index contributed by atoms with van der Waals surface area (Å²) in [7, 11) is 0. The number of fused-ring (bicyclic) bond motifs is 7. The molecule has 1 heteroatoms. The molecule has 47 heavy (non-hydrogen) atoms. The molecule has 0 saturated carbocycles. The van der Waals surface area contributed by atoms with Gasteiger partial charge in [-0.05, 0) is 101 Å². The molecule has 0 atom stereocenters. The zero-order valence-corrected chi connectivity index (χ0v) is 25.6. The van der Waals surface area contributed by atoms with Gasteiger partial charge in [-0.1, -0.05) is 146 Å². The Labute approximate surface area is 271 Å². The number of benzene rings is 9. The Morgan fingerprint density at radius 3 is 1.51 bits per heavy atom. The molecule has 0 aliphatic carbocycles. The summed E-state index contributed by atoms with van der Waals surface area (Å²) >= 11 is 0. The molecule has 0 radical (unpaired) electrons. The van der Waals surface area contributed by atoms with Crippen LogP contribution >= 0.6 is 0 Å². The average Bonchev–Trinajstić information content (AvgIpc) is 3.50. The third-order valence-electron chi connectivity index (χ3n) is 9.82. The molecule has 9 aromatic carbocycles. The molecule has 0 spiro atoms. The van der Waals surface area contributed by atoms with Crippen LogP contribution in [-0.4, -0.2) is 0 Å². The minimum atomic E-state index is 0.911. The fourth-order valence-corrected chi connectivity index (χ4v) is 7.65. The lowest BCUT2D eigenvalue weighted by molar-refractivity contribution is 0.669. The Balaban J connectivity index is 1.22. The summed E-state index contributed by atoms with van der Waals surface area (Å²) in [6.45, 7) is 0. The zero-order valence-electron chi connectivity index (χ0n) is 25.6. The molecule has 0 bridgehead atoms. The summed E-state index contributed by atoms with van der Waals surface area (Å²) < 4.78 is 6.51. The molecule has 1 aromatic heterocycles. The third-order valence-corrected chi connectivity index (χ3v) is 9.82. The summed E-state index contributed by atoms with van der Waals surface area (Å²) in [5.74, 6) is 0. The molecule has 0 saturated heterocycles. The first-order valence-corrected chi connectivity index (χ1v) is 16.2. The van der Waals surface area contributed by atoms with Crippen molar-refractivity contribution in [2.24, 2.45) is 0 Å². The quantitative estimate of drug-likeness (QED) is 0.185. The second kappa shape index (κ2) is 10.2. The van der Waals surface area contributed by atoms with Crippen LogP contribution in [0.25, 0.3) is 98.4 Å². The fraction of sp³-hybridized carbons (Fsp3) is 0. The van der Waals surface area contributed by atoms with Gasteiger partial charge in [-0.3, -0.25) is 0 Å². The van der Waals surface area contributed by atoms with Crippen LogP contribution in [-0.2, 0) is 0 Å². The van der Waals surface area contributed by atoms with Crippen molar-refractivity contribution >= 4 is 65.0 Å². The summed E-state index contributed by atoms with van der Waals surface area (Å²) in [6, 6.07) is 61.6. The highest BCUT2D eigenvalue weighted by molar-refractivity contribution is 6.26. The van der Waals surface area contributed by atoms with E-state index < -0.39 is 0 Å². The van der Waals surface area contributed by atoms with Crippen molar-refractivity contribution in [2.75, 3.05) is 0 Å². The van der Waals surface area contributed by atoms with Gasteiger partial charge in [-0.2, -0.15) is 0 Å². The minimum absolute atomic E-state index is 0.911. The smallest absolute Gasteiger partial charge is 0.136 e. The molecule has 0 unspecified atom stereocenters. The highest BCUT2D eigenvalue weighted by Gasteiger charge is 2.20. The van der Waals surface area contributed by atoms with Crippen LogP contribution < -0.4 is 0 Å². The molecule has 10 aromatic rings. The molecule has 10 rings (SSSR count). The maximum atomic E-state index is 6.51. The number of furan rings is 1. The Morgan fingerprint density at radius 2 is 0.830 bits per heavy atom. The molecule has 0 amide bonds. The Hall–Kier alpha value is -6.18. The average molecular weight is 597 g/mol. The zero-order chi connectivity index (χ0) is 30.9. The molecule has 1 nitrogen and oxygen atoms in total. The molecule has 0 N–H and O–H groups in total. The van der Waals surface area contributed by atoms with Crippen LogP contribution in [0.5, 0.6) is 0 Å². The van der Waals surface area contributed by atoms with E-state index in [0.717, 1.165) is 21.9 Å². The highest BCUT2D eigenvalue weighted by atomic mass is 16.3. The van der Waals surface area contributed by atoms with Gasteiger partial charge in [0.25, 0.3) is 0 Å². The molecule has 1 heterocycles. The summed E-state index contributed by atoms with van der Waals surface area (Å²) in [5, 5.41) is 12.2. The van der Waals surface area contributed by atoms with Crippen molar-refractivity contribution in [3.05, 3.63) is 170 Å². The highest BCUT2D eigenvalue weighted by Crippen LogP contribution is 2.47. The van der Waals surface area contributed by atoms with Gasteiger partial charge in [-0.15, -0.1) is 0 Å². The van der Waals surface area contributed by atoms with E-state index in [0.29, 0.717) is 0 Å². The van der Waals surface area contributed by atoms with Gasteiger partial charge < -0.3 is 4.42 Å². The number of hydrogen-bond acceptors (Lipinski definition) is 1. The number of hydrogen-bond donors (Lipinski definition) is 0. The largest absolute Gasteiger partial charge is 0.456 e. The van der Waals surface area contributed by atoms with Crippen molar-refractivity contribution in [2.45, 2.75) is 0 Å². The van der Waals surface area contributed by atoms with Crippen LogP contribution in [0.1, 0.15) is 0 Å². The topological polar surface area (TPSA) is 13.1 Å². The molecular formula is C46H28O. The van der Waals surface area contributed by atoms with Gasteiger partial charge in [0.2, 0.25) is 0 Å². The third kappa shape index (κ3) is 4.03. The first-order chi connectivity index (χ1) is 23.3. The van der Waals surface area contributed by atoms with Crippen molar-refractivity contribution in [3.63, 3.8) is 0 Å². The van der Waals surface area contributed by atoms with E-state index in [1.165, 1.54) is 76.5 Å². The van der Waals surface area contributed by atoms with Gasteiger partial charge in [0.1, 0.15) is 11.2 Å². The minimum Gasteiger partial charge on any atom is -0.456 e. The van der Waals surface area contributed by atoms with Crippen molar-refractivity contribution in [1.82, 2.24) is 0 Å². The Morgan fingerprint density at radius 1 is 0.298 bits per heavy atom. The predicted molar refractivity (Wildman–Crippen MR) is 200 cm³/mol. The van der Waals surface area contributed by atoms with Crippen LogP contribution in [0.15, 0.2) is 174 Å². The molecule has 218 valence electrons. The monoisotopic (exact) mass is 596 g/mol. The van der Waals surface area contributed by atoms with Gasteiger partial charge in [0.15, 0.2) is 0 Å². The standard InChI is InChI=1S/C46H28O/c1-2-11-32-26-35(25-22-29(32)10-1)30-20-23-31(24-21-30)44-36-14-5-7-16-38(36)45(39-17-8-6-15-37(39)44)40-18-9-19-42-46(40)41-27-33-12-3-4-13-34(33)28-43(41)47-42/h1-28H. The summed E-state index contributed by atoms with van der Waals surface area (Å²) in [6.07, 6.45) is 0. The molecule has 0 aliphatic heterocycles. The summed E-state index contributed by atoms with van der Waals surface area (Å²) in [5.41, 5.74) is 9.20. The lowest BCUT2D eigenvalue weighted by atomic mass is 9.84. The predicted octanol–water partition coefficient (Wildman–Crippen LogP) is 13.2. The van der Waals surface area contributed by atoms with E-state index in [4.69, 9.17) is 4.42 Å². The van der Waals surface area contributed by atoms with Crippen LogP contribution in [0.4, 0.5) is 0 Å². The molecule has 0 fully saturated rings. The van der Waals surface area contributed by atoms with Crippen LogP contribution in [0, 0.1) is 0 Å². The maximum absolute atomic E-state index is 6.51. The van der Waals surface area contributed by atoms with E-state index in [2.05, 4.69) is 170 Å². The Bertz CT molecular complexity index is 2780. The first-order valence-electron chi connectivity index (χ1n) is 16.2. The van der Waals surface area contributed by atoms with Crippen molar-refractivity contribution < 1.29 is 4.42 Å². The van der Waals surface area contributed by atoms with Gasteiger partial charge >= 0.3 is 0 Å². The van der Waals surface area contributed by atoms with Crippen LogP contribution in [0.3, 0.4) is 0 Å². The van der Waals surface area contributed by atoms with Crippen molar-refractivity contribution in [3.8, 4) is 33.4 Å². The van der Waals surface area contributed by atoms with Gasteiger partial charge in [0.05, 0.1) is 0 Å². The van der Waals surface area contributed by atoms with Gasteiger partial charge in [-0.25, -0.2) is 0 Å².